The topological polar surface area (TPSA) is 132 Å². The van der Waals surface area contributed by atoms with Crippen LogP contribution in [0.25, 0.3) is 0 Å². The van der Waals surface area contributed by atoms with E-state index in [1.165, 1.54) is 12.4 Å². The molecule has 1 saturated carbocycles. The van der Waals surface area contributed by atoms with E-state index in [-0.39, 0.29) is 46.3 Å². The summed E-state index contributed by atoms with van der Waals surface area (Å²) in [6.45, 7) is 0. The molecule has 1 aromatic heterocycles. The molecule has 236 valence electrons. The van der Waals surface area contributed by atoms with E-state index in [1.807, 2.05) is 43.3 Å². The van der Waals surface area contributed by atoms with E-state index in [2.05, 4.69) is 15.6 Å². The Morgan fingerprint density at radius 1 is 0.933 bits per heavy atom. The molecule has 45 heavy (non-hydrogen) atoms. The molecule has 3 aromatic rings. The zero-order chi connectivity index (χ0) is 32.2. The Hall–Kier alpha value is -4.15. The zero-order valence-electron chi connectivity index (χ0n) is 25.0. The lowest BCUT2D eigenvalue weighted by Crippen LogP contribution is -2.64. The molecule has 3 fully saturated rings. The number of nitrogens with zero attached hydrogens (tertiary/aromatic N) is 3. The number of fused-ring (bicyclic) bond motifs is 3. The second kappa shape index (κ2) is 13.9. The summed E-state index contributed by atoms with van der Waals surface area (Å²) in [6, 6.07) is 12.4. The molecular formula is C33H35Cl2N5O5. The number of hydrogen-bond donors (Lipinski definition) is 3. The van der Waals surface area contributed by atoms with E-state index in [4.69, 9.17) is 23.2 Å². The Bertz CT molecular complexity index is 1550. The van der Waals surface area contributed by atoms with Crippen molar-refractivity contribution in [3.8, 4) is 0 Å². The summed E-state index contributed by atoms with van der Waals surface area (Å²) >= 11 is 12.2. The Labute approximate surface area is 271 Å². The number of carboxylic acids is 1. The molecule has 0 radical (unpaired) electrons. The Morgan fingerprint density at radius 3 is 2.11 bits per heavy atom. The van der Waals surface area contributed by atoms with E-state index < -0.39 is 29.9 Å². The number of aromatic nitrogens is 1. The lowest BCUT2D eigenvalue weighted by Gasteiger charge is -2.50. The molecule has 1 unspecified atom stereocenters. The van der Waals surface area contributed by atoms with Gasteiger partial charge in [-0.1, -0.05) is 47.5 Å². The Balaban J connectivity index is 1.25. The first-order valence-corrected chi connectivity index (χ1v) is 15.6. The number of carboxylic acid groups (broad SMARTS) is 1. The normalized spacial score (nSPS) is 19.5. The summed E-state index contributed by atoms with van der Waals surface area (Å²) < 4.78 is 0. The molecule has 2 atom stereocenters. The van der Waals surface area contributed by atoms with Crippen LogP contribution in [0.2, 0.25) is 10.0 Å². The van der Waals surface area contributed by atoms with Crippen molar-refractivity contribution in [3.63, 3.8) is 0 Å². The van der Waals surface area contributed by atoms with Crippen molar-refractivity contribution < 1.29 is 24.3 Å². The second-order valence-electron chi connectivity index (χ2n) is 11.8. The molecule has 3 heterocycles. The smallest absolute Gasteiger partial charge is 0.326 e. The summed E-state index contributed by atoms with van der Waals surface area (Å²) in [6.07, 6.45) is 6.16. The van der Waals surface area contributed by atoms with Crippen LogP contribution in [-0.4, -0.2) is 70.9 Å². The largest absolute Gasteiger partial charge is 0.480 e. The fraction of sp³-hybridized carbons (Fsp3) is 0.364. The molecule has 3 N–H and O–H groups in total. The second-order valence-corrected chi connectivity index (χ2v) is 12.6. The van der Waals surface area contributed by atoms with Crippen LogP contribution in [0.4, 0.5) is 11.4 Å². The van der Waals surface area contributed by atoms with Crippen LogP contribution in [0.5, 0.6) is 0 Å². The van der Waals surface area contributed by atoms with Crippen molar-refractivity contribution in [1.29, 1.82) is 0 Å². The summed E-state index contributed by atoms with van der Waals surface area (Å²) in [5.41, 5.74) is 3.07. The number of halogens is 2. The summed E-state index contributed by atoms with van der Waals surface area (Å²) in [5, 5.41) is 15.7. The minimum absolute atomic E-state index is 0.0182. The molecule has 2 saturated heterocycles. The van der Waals surface area contributed by atoms with Gasteiger partial charge in [0.2, 0.25) is 11.8 Å². The van der Waals surface area contributed by atoms with Crippen molar-refractivity contribution >= 4 is 58.3 Å². The fourth-order valence-corrected chi connectivity index (χ4v) is 6.80. The number of anilines is 2. The number of benzene rings is 2. The predicted octanol–water partition coefficient (Wildman–Crippen LogP) is 4.83. The standard InChI is InChI=1S/C33H35Cl2N5O5/c1-39(2)23-11-5-20(6-12-23)16-28(41)40-24-13-7-21(8-14-24)30(40)32(43)38-27(33(44)45)15-19-3-9-22(10-4-19)37-31(42)29-25(34)17-36-18-26(29)35/h3-6,9-12,17-18,21,24,27,30H,7-8,13-16H2,1-2H3,(H,37,42)(H,38,43)(H,44,45)/t21?,24?,27-,30?/m0/s1. The van der Waals surface area contributed by atoms with Gasteiger partial charge in [0.15, 0.2) is 0 Å². The first-order valence-electron chi connectivity index (χ1n) is 14.8. The van der Waals surface area contributed by atoms with Crippen molar-refractivity contribution in [3.05, 3.63) is 87.7 Å². The maximum absolute atomic E-state index is 13.7. The third-order valence-electron chi connectivity index (χ3n) is 8.59. The molecule has 6 rings (SSSR count). The van der Waals surface area contributed by atoms with Crippen LogP contribution >= 0.6 is 23.2 Å². The van der Waals surface area contributed by atoms with Gasteiger partial charge in [0, 0.05) is 50.3 Å². The third-order valence-corrected chi connectivity index (χ3v) is 9.17. The van der Waals surface area contributed by atoms with Gasteiger partial charge in [-0.2, -0.15) is 0 Å². The highest BCUT2D eigenvalue weighted by atomic mass is 35.5. The fourth-order valence-electron chi connectivity index (χ4n) is 6.27. The average molecular weight is 653 g/mol. The number of piperidine rings is 2. The van der Waals surface area contributed by atoms with Gasteiger partial charge in [-0.25, -0.2) is 4.79 Å². The number of pyridine rings is 1. The first-order chi connectivity index (χ1) is 21.5. The SMILES string of the molecule is CN(C)c1ccc(CC(=O)N2C3CCC(CC3)C2C(=O)N[C@@H](Cc2ccc(NC(=O)c3c(Cl)cncc3Cl)cc2)C(=O)O)cc1. The maximum atomic E-state index is 13.7. The number of amides is 3. The van der Waals surface area contributed by atoms with Crippen LogP contribution < -0.4 is 15.5 Å². The van der Waals surface area contributed by atoms with Gasteiger partial charge >= 0.3 is 5.97 Å². The van der Waals surface area contributed by atoms with Crippen LogP contribution in [0.3, 0.4) is 0 Å². The van der Waals surface area contributed by atoms with Crippen molar-refractivity contribution in [2.75, 3.05) is 24.3 Å². The average Bonchev–Trinajstić information content (AvgIpc) is 3.01. The van der Waals surface area contributed by atoms with E-state index in [0.29, 0.717) is 11.3 Å². The quantitative estimate of drug-likeness (QED) is 0.286. The molecule has 1 aliphatic carbocycles. The van der Waals surface area contributed by atoms with Gasteiger partial charge in [-0.15, -0.1) is 0 Å². The third kappa shape index (κ3) is 7.40. The van der Waals surface area contributed by atoms with E-state index >= 15 is 0 Å². The number of aliphatic carboxylic acids is 1. The van der Waals surface area contributed by atoms with Crippen LogP contribution in [0, 0.1) is 5.92 Å². The zero-order valence-corrected chi connectivity index (χ0v) is 26.5. The molecule has 0 spiro atoms. The molecule has 3 aliphatic rings. The number of carbonyl (C=O) groups excluding carboxylic acids is 3. The molecule has 12 heteroatoms. The van der Waals surface area contributed by atoms with Crippen LogP contribution in [0.1, 0.15) is 47.2 Å². The monoisotopic (exact) mass is 651 g/mol. The molecule has 2 aliphatic heterocycles. The highest BCUT2D eigenvalue weighted by molar-refractivity contribution is 6.40. The van der Waals surface area contributed by atoms with Gasteiger partial charge in [0.05, 0.1) is 22.0 Å². The van der Waals surface area contributed by atoms with E-state index in [1.54, 1.807) is 29.2 Å². The highest BCUT2D eigenvalue weighted by Gasteiger charge is 2.47. The predicted molar refractivity (Wildman–Crippen MR) is 173 cm³/mol. The van der Waals surface area contributed by atoms with Gasteiger partial charge in [0.25, 0.3) is 5.91 Å². The van der Waals surface area contributed by atoms with Crippen molar-refractivity contribution in [2.24, 2.45) is 5.92 Å². The van der Waals surface area contributed by atoms with Crippen LogP contribution in [0.15, 0.2) is 60.9 Å². The maximum Gasteiger partial charge on any atom is 0.326 e. The summed E-state index contributed by atoms with van der Waals surface area (Å²) in [5.74, 6) is -2.27. The van der Waals surface area contributed by atoms with Gasteiger partial charge in [-0.3, -0.25) is 19.4 Å². The van der Waals surface area contributed by atoms with Gasteiger partial charge in [-0.05, 0) is 67.0 Å². The Morgan fingerprint density at radius 2 is 1.53 bits per heavy atom. The number of nitrogens with one attached hydrogen (secondary N) is 2. The minimum Gasteiger partial charge on any atom is -0.480 e. The first kappa shape index (κ1) is 32.2. The van der Waals surface area contributed by atoms with E-state index in [0.717, 1.165) is 36.9 Å². The Kier molecular flexibility index (Phi) is 9.94. The lowest BCUT2D eigenvalue weighted by molar-refractivity contribution is -0.154. The van der Waals surface area contributed by atoms with E-state index in [9.17, 15) is 24.3 Å². The summed E-state index contributed by atoms with van der Waals surface area (Å²) in [7, 11) is 3.90. The van der Waals surface area contributed by atoms with Gasteiger partial charge in [0.1, 0.15) is 12.1 Å². The van der Waals surface area contributed by atoms with Crippen molar-refractivity contribution in [2.45, 2.75) is 56.7 Å². The number of hydrogen-bond acceptors (Lipinski definition) is 6. The number of carbonyl (C=O) groups is 4. The molecule has 3 amide bonds. The van der Waals surface area contributed by atoms with Gasteiger partial charge < -0.3 is 25.5 Å². The highest BCUT2D eigenvalue weighted by Crippen LogP contribution is 2.40. The summed E-state index contributed by atoms with van der Waals surface area (Å²) in [4.78, 5) is 59.8. The lowest BCUT2D eigenvalue weighted by atomic mass is 9.74. The van der Waals surface area contributed by atoms with Crippen LogP contribution in [-0.2, 0) is 27.2 Å². The minimum atomic E-state index is -1.21. The molecule has 10 nitrogen and oxygen atoms in total. The number of rotatable bonds is 10. The van der Waals surface area contributed by atoms with Crippen molar-refractivity contribution in [1.82, 2.24) is 15.2 Å². The molecular weight excluding hydrogens is 617 g/mol. The molecule has 2 bridgehead atoms. The molecule has 2 aromatic carbocycles.